The first-order chi connectivity index (χ1) is 19.5. The number of aromatic nitrogens is 1. The summed E-state index contributed by atoms with van der Waals surface area (Å²) in [6.45, 7) is 7.77. The minimum Gasteiger partial charge on any atom is -0.756 e. The van der Waals surface area contributed by atoms with Crippen molar-refractivity contribution >= 4 is 11.7 Å². The first-order valence-electron chi connectivity index (χ1n) is 15.7. The standard InChI is InChI=1S/C30H52N5O5/c1-2-3-20-32-22-24-33(25-23-32)29-19-18-28(27-31-29)30(36)34(37)21-16-14-12-10-8-6-4-5-7-9-11-13-15-17-26-40-35(38)39/h18-19,27H,2-17,20-26H2,1H3/q-1. The van der Waals surface area contributed by atoms with Crippen molar-refractivity contribution in [3.05, 3.63) is 39.2 Å². The molecular formula is C30H52N5O5-. The van der Waals surface area contributed by atoms with Crippen LogP contribution in [0, 0.1) is 15.3 Å². The third-order valence-electron chi connectivity index (χ3n) is 7.70. The van der Waals surface area contributed by atoms with Crippen molar-refractivity contribution < 1.29 is 14.7 Å². The summed E-state index contributed by atoms with van der Waals surface area (Å²) in [7, 11) is 0. The highest BCUT2D eigenvalue weighted by Crippen LogP contribution is 2.16. The molecule has 40 heavy (non-hydrogen) atoms. The third-order valence-corrected chi connectivity index (χ3v) is 7.70. The Morgan fingerprint density at radius 1 is 0.875 bits per heavy atom. The molecule has 1 aromatic heterocycles. The first kappa shape index (κ1) is 33.7. The van der Waals surface area contributed by atoms with Crippen LogP contribution >= 0.6 is 0 Å². The largest absolute Gasteiger partial charge is 0.756 e. The van der Waals surface area contributed by atoms with E-state index < -0.39 is 11.0 Å². The molecule has 1 saturated heterocycles. The van der Waals surface area contributed by atoms with Gasteiger partial charge in [0.1, 0.15) is 5.82 Å². The lowest BCUT2D eigenvalue weighted by atomic mass is 10.0. The molecule has 1 aromatic rings. The van der Waals surface area contributed by atoms with Crippen LogP contribution in [0.4, 0.5) is 5.82 Å². The molecule has 0 saturated carbocycles. The number of nitrogens with zero attached hydrogens (tertiary/aromatic N) is 5. The molecule has 0 atom stereocenters. The number of hydrogen-bond donors (Lipinski definition) is 0. The highest BCUT2D eigenvalue weighted by molar-refractivity contribution is 5.94. The molecule has 10 nitrogen and oxygen atoms in total. The van der Waals surface area contributed by atoms with Gasteiger partial charge in [0.2, 0.25) is 5.91 Å². The molecule has 2 heterocycles. The third kappa shape index (κ3) is 14.8. The van der Waals surface area contributed by atoms with E-state index in [1.165, 1.54) is 64.2 Å². The lowest BCUT2D eigenvalue weighted by Crippen LogP contribution is -2.46. The molecule has 1 fully saturated rings. The van der Waals surface area contributed by atoms with E-state index in [9.17, 15) is 20.1 Å². The van der Waals surface area contributed by atoms with Crippen LogP contribution in [0.5, 0.6) is 0 Å². The number of hydroxylamine groups is 2. The van der Waals surface area contributed by atoms with E-state index in [0.717, 1.165) is 77.1 Å². The molecule has 0 spiro atoms. The topological polar surface area (TPSA) is 115 Å². The maximum atomic E-state index is 12.5. The second kappa shape index (κ2) is 21.3. The fourth-order valence-corrected chi connectivity index (χ4v) is 5.15. The Labute approximate surface area is 241 Å². The second-order valence-corrected chi connectivity index (χ2v) is 11.0. The number of piperazine rings is 1. The summed E-state index contributed by atoms with van der Waals surface area (Å²) in [5.41, 5.74) is 0.364. The molecule has 1 amide bonds. The van der Waals surface area contributed by atoms with Gasteiger partial charge in [0.15, 0.2) is 0 Å². The van der Waals surface area contributed by atoms with Crippen LogP contribution < -0.4 is 4.90 Å². The quantitative estimate of drug-likeness (QED) is 0.0831. The number of carbonyl (C=O) groups excluding carboxylic acids is 1. The fraction of sp³-hybridized carbons (Fsp3) is 0.800. The van der Waals surface area contributed by atoms with Gasteiger partial charge >= 0.3 is 0 Å². The Hall–Kier alpha value is -2.46. The van der Waals surface area contributed by atoms with Crippen LogP contribution in [0.2, 0.25) is 0 Å². The average molecular weight is 563 g/mol. The van der Waals surface area contributed by atoms with Crippen LogP contribution in [-0.2, 0) is 4.84 Å². The number of anilines is 1. The maximum Gasteiger partial charge on any atom is 0.294 e. The van der Waals surface area contributed by atoms with E-state index in [-0.39, 0.29) is 13.2 Å². The van der Waals surface area contributed by atoms with Crippen molar-refractivity contribution in [3.63, 3.8) is 0 Å². The highest BCUT2D eigenvalue weighted by atomic mass is 16.9. The molecule has 2 rings (SSSR count). The summed E-state index contributed by atoms with van der Waals surface area (Å²) in [4.78, 5) is 36.1. The van der Waals surface area contributed by atoms with E-state index in [4.69, 9.17) is 0 Å². The summed E-state index contributed by atoms with van der Waals surface area (Å²) >= 11 is 0. The van der Waals surface area contributed by atoms with Crippen LogP contribution in [0.15, 0.2) is 18.3 Å². The monoisotopic (exact) mass is 562 g/mol. The maximum absolute atomic E-state index is 12.5. The van der Waals surface area contributed by atoms with Gasteiger partial charge in [0.25, 0.3) is 5.09 Å². The van der Waals surface area contributed by atoms with Gasteiger partial charge in [-0.25, -0.2) is 4.98 Å². The number of amides is 1. The van der Waals surface area contributed by atoms with Gasteiger partial charge < -0.3 is 20.0 Å². The molecule has 0 unspecified atom stereocenters. The first-order valence-corrected chi connectivity index (χ1v) is 15.7. The lowest BCUT2D eigenvalue weighted by molar-refractivity contribution is -0.757. The fourth-order valence-electron chi connectivity index (χ4n) is 5.15. The normalized spacial score (nSPS) is 13.9. The predicted molar refractivity (Wildman–Crippen MR) is 160 cm³/mol. The average Bonchev–Trinajstić information content (AvgIpc) is 2.97. The molecule has 10 heteroatoms. The molecule has 0 aromatic carbocycles. The number of unbranched alkanes of at least 4 members (excludes halogenated alkanes) is 14. The van der Waals surface area contributed by atoms with Gasteiger partial charge in [-0.2, -0.15) is 0 Å². The number of carbonyl (C=O) groups is 1. The molecule has 1 aliphatic heterocycles. The van der Waals surface area contributed by atoms with Gasteiger partial charge in [-0.1, -0.05) is 90.4 Å². The van der Waals surface area contributed by atoms with Crippen LogP contribution in [0.25, 0.3) is 0 Å². The van der Waals surface area contributed by atoms with Crippen LogP contribution in [0.1, 0.15) is 120 Å². The zero-order chi connectivity index (χ0) is 28.8. The molecule has 0 bridgehead atoms. The van der Waals surface area contributed by atoms with E-state index >= 15 is 0 Å². The molecule has 1 aliphatic rings. The van der Waals surface area contributed by atoms with Gasteiger partial charge in [0.05, 0.1) is 12.2 Å². The Kier molecular flexibility index (Phi) is 18.0. The minimum atomic E-state index is -0.724. The minimum absolute atomic E-state index is 0.212. The van der Waals surface area contributed by atoms with E-state index in [2.05, 4.69) is 26.5 Å². The van der Waals surface area contributed by atoms with Gasteiger partial charge in [0, 0.05) is 38.9 Å². The second-order valence-electron chi connectivity index (χ2n) is 11.0. The summed E-state index contributed by atoms with van der Waals surface area (Å²) in [5.74, 6) is 0.381. The smallest absolute Gasteiger partial charge is 0.294 e. The van der Waals surface area contributed by atoms with Crippen LogP contribution in [-0.4, -0.2) is 71.8 Å². The van der Waals surface area contributed by atoms with Gasteiger partial charge in [-0.05, 0) is 37.9 Å². The van der Waals surface area contributed by atoms with Crippen molar-refractivity contribution in [2.75, 3.05) is 50.8 Å². The molecular weight excluding hydrogens is 510 g/mol. The van der Waals surface area contributed by atoms with Gasteiger partial charge in [-0.3, -0.25) is 9.69 Å². The Morgan fingerprint density at radius 2 is 1.43 bits per heavy atom. The number of rotatable bonds is 23. The number of hydrogen-bond acceptors (Lipinski definition) is 8. The summed E-state index contributed by atoms with van der Waals surface area (Å²) in [6.07, 6.45) is 19.5. The summed E-state index contributed by atoms with van der Waals surface area (Å²) < 4.78 is 0. The SMILES string of the molecule is CCCCN1CCN(c2ccc(C(=O)N([O-])CCCCCCCCCCCCCCCCO[N+](=O)[O-])cn2)CC1. The molecule has 228 valence electrons. The van der Waals surface area contributed by atoms with Crippen LogP contribution in [0.3, 0.4) is 0 Å². The number of pyridine rings is 1. The zero-order valence-corrected chi connectivity index (χ0v) is 24.8. The summed E-state index contributed by atoms with van der Waals surface area (Å²) in [5, 5.41) is 22.2. The van der Waals surface area contributed by atoms with Crippen molar-refractivity contribution in [2.24, 2.45) is 0 Å². The zero-order valence-electron chi connectivity index (χ0n) is 24.8. The predicted octanol–water partition coefficient (Wildman–Crippen LogP) is 6.61. The van der Waals surface area contributed by atoms with Crippen molar-refractivity contribution in [1.29, 1.82) is 0 Å². The Morgan fingerprint density at radius 3 is 1.93 bits per heavy atom. The molecule has 0 radical (unpaired) electrons. The van der Waals surface area contributed by atoms with Crippen molar-refractivity contribution in [2.45, 2.75) is 110 Å². The summed E-state index contributed by atoms with van der Waals surface area (Å²) in [6, 6.07) is 3.60. The van der Waals surface area contributed by atoms with E-state index in [1.54, 1.807) is 12.3 Å². The Balaban J connectivity index is 1.43. The van der Waals surface area contributed by atoms with Crippen molar-refractivity contribution in [3.8, 4) is 0 Å². The lowest BCUT2D eigenvalue weighted by Gasteiger charge is -2.35. The molecule has 0 N–H and O–H groups in total. The molecule has 0 aliphatic carbocycles. The Bertz CT molecular complexity index is 802. The van der Waals surface area contributed by atoms with Crippen molar-refractivity contribution in [1.82, 2.24) is 14.9 Å². The van der Waals surface area contributed by atoms with Gasteiger partial charge in [-0.15, -0.1) is 10.1 Å². The highest BCUT2D eigenvalue weighted by Gasteiger charge is 2.18. The van der Waals surface area contributed by atoms with E-state index in [0.29, 0.717) is 10.6 Å². The van der Waals surface area contributed by atoms with E-state index in [1.807, 2.05) is 6.07 Å².